The number of methoxy groups -OCH3 is 1. The number of hydrogen-bond acceptors (Lipinski definition) is 3. The van der Waals surface area contributed by atoms with Gasteiger partial charge >= 0.3 is 0 Å². The van der Waals surface area contributed by atoms with E-state index in [1.165, 1.54) is 0 Å². The van der Waals surface area contributed by atoms with Gasteiger partial charge in [-0.2, -0.15) is 0 Å². The predicted octanol–water partition coefficient (Wildman–Crippen LogP) is 7.21. The van der Waals surface area contributed by atoms with Crippen LogP contribution in [0.2, 0.25) is 5.02 Å². The minimum atomic E-state index is -0.0447. The van der Waals surface area contributed by atoms with E-state index in [9.17, 15) is 4.79 Å². The number of nitrogens with one attached hydrogen (secondary N) is 1. The van der Waals surface area contributed by atoms with Crippen molar-refractivity contribution in [3.05, 3.63) is 107 Å². The highest BCUT2D eigenvalue weighted by molar-refractivity contribution is 6.33. The van der Waals surface area contributed by atoms with Crippen LogP contribution in [0.5, 0.6) is 5.75 Å². The van der Waals surface area contributed by atoms with E-state index in [0.29, 0.717) is 17.9 Å². The fourth-order valence-electron chi connectivity index (χ4n) is 4.26. The van der Waals surface area contributed by atoms with E-state index in [4.69, 9.17) is 21.3 Å². The Bertz CT molecular complexity index is 1520. The fourth-order valence-corrected chi connectivity index (χ4v) is 4.50. The third-order valence-corrected chi connectivity index (χ3v) is 6.52. The molecule has 36 heavy (non-hydrogen) atoms. The summed E-state index contributed by atoms with van der Waals surface area (Å²) < 4.78 is 7.39. The molecule has 180 valence electrons. The molecule has 0 bridgehead atoms. The fraction of sp³-hybridized carbons (Fsp3) is 0.133. The van der Waals surface area contributed by atoms with Gasteiger partial charge in [0.15, 0.2) is 0 Å². The van der Waals surface area contributed by atoms with Crippen LogP contribution in [0, 0.1) is 6.92 Å². The second-order valence-electron chi connectivity index (χ2n) is 8.68. The lowest BCUT2D eigenvalue weighted by Crippen LogP contribution is -2.13. The number of fused-ring (bicyclic) bond motifs is 1. The summed E-state index contributed by atoms with van der Waals surface area (Å²) >= 11 is 6.48. The number of carbonyl (C=O) groups excluding carboxylic acids is 1. The van der Waals surface area contributed by atoms with Crippen LogP contribution in [-0.2, 0) is 11.2 Å². The van der Waals surface area contributed by atoms with Gasteiger partial charge in [0.1, 0.15) is 11.4 Å². The molecule has 2 aromatic heterocycles. The lowest BCUT2D eigenvalue weighted by molar-refractivity contribution is -0.116. The summed E-state index contributed by atoms with van der Waals surface area (Å²) in [6.45, 7) is 2.02. The first-order valence-electron chi connectivity index (χ1n) is 11.8. The highest BCUT2D eigenvalue weighted by atomic mass is 35.5. The summed E-state index contributed by atoms with van der Waals surface area (Å²) in [5.41, 5.74) is 7.46. The summed E-state index contributed by atoms with van der Waals surface area (Å²) in [5.74, 6) is 0.735. The molecule has 1 amide bonds. The summed E-state index contributed by atoms with van der Waals surface area (Å²) in [5, 5.41) is 3.68. The number of amides is 1. The van der Waals surface area contributed by atoms with E-state index < -0.39 is 0 Å². The summed E-state index contributed by atoms with van der Waals surface area (Å²) in [7, 11) is 1.65. The van der Waals surface area contributed by atoms with E-state index in [1.807, 2.05) is 98.0 Å². The van der Waals surface area contributed by atoms with Crippen LogP contribution in [0.4, 0.5) is 5.69 Å². The van der Waals surface area contributed by atoms with Crippen molar-refractivity contribution in [1.82, 2.24) is 9.38 Å². The van der Waals surface area contributed by atoms with Crippen molar-refractivity contribution in [3.63, 3.8) is 0 Å². The van der Waals surface area contributed by atoms with Gasteiger partial charge in [-0.15, -0.1) is 0 Å². The van der Waals surface area contributed by atoms with Gasteiger partial charge in [0.25, 0.3) is 0 Å². The highest BCUT2D eigenvalue weighted by Gasteiger charge is 2.17. The zero-order valence-electron chi connectivity index (χ0n) is 20.2. The molecule has 0 fully saturated rings. The second-order valence-corrected chi connectivity index (χ2v) is 9.08. The Morgan fingerprint density at radius 2 is 1.67 bits per heavy atom. The molecule has 0 aliphatic heterocycles. The smallest absolute Gasteiger partial charge is 0.224 e. The number of hydrogen-bond donors (Lipinski definition) is 1. The Kier molecular flexibility index (Phi) is 6.74. The van der Waals surface area contributed by atoms with Gasteiger partial charge in [-0.25, -0.2) is 4.98 Å². The maximum atomic E-state index is 12.8. The molecule has 0 saturated heterocycles. The Morgan fingerprint density at radius 1 is 0.944 bits per heavy atom. The Hall–Kier alpha value is -4.09. The number of aromatic nitrogens is 2. The molecule has 1 N–H and O–H groups in total. The van der Waals surface area contributed by atoms with Crippen molar-refractivity contribution in [1.29, 1.82) is 0 Å². The maximum Gasteiger partial charge on any atom is 0.224 e. The van der Waals surface area contributed by atoms with Crippen LogP contribution in [-0.4, -0.2) is 22.4 Å². The minimum absolute atomic E-state index is 0.0447. The first-order valence-corrected chi connectivity index (χ1v) is 12.2. The molecular weight excluding hydrogens is 470 g/mol. The standard InChI is InChI=1S/C30H26ClN3O2/c1-20-7-12-23(13-8-20)32-29(35)18-16-27-30(21-9-14-24(36-2)15-10-21)33-28-17-11-22(19-34(27)28)25-5-3-4-6-26(25)31/h3-15,17,19H,16,18H2,1-2H3,(H,32,35). The van der Waals surface area contributed by atoms with Gasteiger partial charge in [0.2, 0.25) is 5.91 Å². The number of pyridine rings is 1. The van der Waals surface area contributed by atoms with E-state index in [-0.39, 0.29) is 5.91 Å². The quantitative estimate of drug-likeness (QED) is 0.259. The largest absolute Gasteiger partial charge is 0.497 e. The molecule has 5 aromatic rings. The lowest BCUT2D eigenvalue weighted by Gasteiger charge is -2.10. The van der Waals surface area contributed by atoms with Crippen molar-refractivity contribution >= 4 is 28.8 Å². The SMILES string of the molecule is COc1ccc(-c2nc3ccc(-c4ccccc4Cl)cn3c2CCC(=O)Nc2ccc(C)cc2)cc1. The van der Waals surface area contributed by atoms with Crippen molar-refractivity contribution in [3.8, 4) is 28.1 Å². The maximum absolute atomic E-state index is 12.8. The van der Waals surface area contributed by atoms with Crippen LogP contribution >= 0.6 is 11.6 Å². The van der Waals surface area contributed by atoms with E-state index in [2.05, 4.69) is 9.72 Å². The average Bonchev–Trinajstić information content (AvgIpc) is 3.27. The molecule has 2 heterocycles. The molecule has 6 heteroatoms. The van der Waals surface area contributed by atoms with Crippen LogP contribution in [0.25, 0.3) is 28.0 Å². The number of imidazole rings is 1. The van der Waals surface area contributed by atoms with Crippen molar-refractivity contribution in [2.45, 2.75) is 19.8 Å². The highest BCUT2D eigenvalue weighted by Crippen LogP contribution is 2.31. The van der Waals surface area contributed by atoms with Gasteiger partial charge in [-0.1, -0.05) is 47.5 Å². The molecule has 0 aliphatic carbocycles. The molecule has 0 spiro atoms. The van der Waals surface area contributed by atoms with Crippen LogP contribution in [0.15, 0.2) is 91.1 Å². The number of nitrogens with zero attached hydrogens (tertiary/aromatic N) is 2. The molecule has 0 aliphatic rings. The normalized spacial score (nSPS) is 11.0. The minimum Gasteiger partial charge on any atom is -0.497 e. The summed E-state index contributed by atoms with van der Waals surface area (Å²) in [6.07, 6.45) is 2.89. The topological polar surface area (TPSA) is 55.6 Å². The molecular formula is C30H26ClN3O2. The van der Waals surface area contributed by atoms with Gasteiger partial charge in [-0.3, -0.25) is 4.79 Å². The molecule has 5 rings (SSSR count). The first kappa shape index (κ1) is 23.6. The van der Waals surface area contributed by atoms with Crippen LogP contribution in [0.3, 0.4) is 0 Å². The van der Waals surface area contributed by atoms with E-state index in [0.717, 1.165) is 50.7 Å². The molecule has 3 aromatic carbocycles. The first-order chi connectivity index (χ1) is 17.5. The molecule has 0 unspecified atom stereocenters. The molecule has 5 nitrogen and oxygen atoms in total. The Labute approximate surface area is 215 Å². The number of benzene rings is 3. The number of anilines is 1. The number of ether oxygens (including phenoxy) is 1. The Balaban J connectivity index is 1.51. The van der Waals surface area contributed by atoms with E-state index >= 15 is 0 Å². The van der Waals surface area contributed by atoms with Crippen LogP contribution < -0.4 is 10.1 Å². The molecule has 0 saturated carbocycles. The van der Waals surface area contributed by atoms with Gasteiger partial charge in [0, 0.05) is 34.5 Å². The van der Waals surface area contributed by atoms with Crippen molar-refractivity contribution in [2.24, 2.45) is 0 Å². The summed E-state index contributed by atoms with van der Waals surface area (Å²) in [4.78, 5) is 17.7. The third kappa shape index (κ3) is 4.97. The number of aryl methyl sites for hydroxylation is 2. The van der Waals surface area contributed by atoms with Crippen LogP contribution in [0.1, 0.15) is 17.7 Å². The third-order valence-electron chi connectivity index (χ3n) is 6.19. The predicted molar refractivity (Wildman–Crippen MR) is 146 cm³/mol. The average molecular weight is 496 g/mol. The monoisotopic (exact) mass is 495 g/mol. The van der Waals surface area contributed by atoms with Gasteiger partial charge in [-0.05, 0) is 73.5 Å². The molecule has 0 radical (unpaired) electrons. The van der Waals surface area contributed by atoms with Crippen molar-refractivity contribution < 1.29 is 9.53 Å². The number of halogens is 1. The number of rotatable bonds is 7. The van der Waals surface area contributed by atoms with E-state index in [1.54, 1.807) is 7.11 Å². The van der Waals surface area contributed by atoms with Gasteiger partial charge in [0.05, 0.1) is 18.5 Å². The second kappa shape index (κ2) is 10.3. The van der Waals surface area contributed by atoms with Crippen molar-refractivity contribution in [2.75, 3.05) is 12.4 Å². The summed E-state index contributed by atoms with van der Waals surface area (Å²) in [6, 6.07) is 27.4. The number of carbonyl (C=O) groups is 1. The Morgan fingerprint density at radius 3 is 2.39 bits per heavy atom. The molecule has 0 atom stereocenters. The zero-order chi connectivity index (χ0) is 25.1. The van der Waals surface area contributed by atoms with Gasteiger partial charge < -0.3 is 14.5 Å². The lowest BCUT2D eigenvalue weighted by atomic mass is 10.1. The zero-order valence-corrected chi connectivity index (χ0v) is 20.9.